The number of Topliss-reactive ketones (excluding diaryl/α,β-unsaturated/α-hetero) is 1. The van der Waals surface area contributed by atoms with Crippen molar-refractivity contribution in [3.05, 3.63) is 17.9 Å². The number of hydrogen-bond donors (Lipinski definition) is 0. The van der Waals surface area contributed by atoms with Crippen LogP contribution in [0, 0.1) is 12.3 Å². The number of ketones is 1. The first-order chi connectivity index (χ1) is 6.15. The Labute approximate surface area is 77.3 Å². The molecule has 0 aliphatic rings. The van der Waals surface area contributed by atoms with E-state index in [0.29, 0.717) is 18.2 Å². The lowest BCUT2D eigenvalue weighted by Gasteiger charge is -2.10. The smallest absolute Gasteiger partial charge is 0.196 e. The zero-order valence-corrected chi connectivity index (χ0v) is 7.70. The summed E-state index contributed by atoms with van der Waals surface area (Å²) >= 11 is 0. The van der Waals surface area contributed by atoms with Gasteiger partial charge >= 0.3 is 0 Å². The molecule has 68 valence electrons. The van der Waals surface area contributed by atoms with E-state index < -0.39 is 0 Å². The molecule has 0 N–H and O–H groups in total. The number of furan rings is 1. The highest BCUT2D eigenvalue weighted by Crippen LogP contribution is 2.16. The molecular weight excluding hydrogens is 166 g/mol. The van der Waals surface area contributed by atoms with Crippen LogP contribution in [0.3, 0.4) is 0 Å². The van der Waals surface area contributed by atoms with E-state index in [2.05, 4.69) is 5.92 Å². The molecule has 0 aliphatic carbocycles. The van der Waals surface area contributed by atoms with E-state index in [1.54, 1.807) is 17.0 Å². The second kappa shape index (κ2) is 3.81. The van der Waals surface area contributed by atoms with E-state index in [4.69, 9.17) is 10.8 Å². The maximum Gasteiger partial charge on any atom is 0.196 e. The second-order valence-corrected chi connectivity index (χ2v) is 2.75. The summed E-state index contributed by atoms with van der Waals surface area (Å²) in [6.07, 6.45) is 5.13. The highest BCUT2D eigenvalue weighted by molar-refractivity contribution is 5.91. The Balaban J connectivity index is 2.80. The first-order valence-corrected chi connectivity index (χ1v) is 3.90. The van der Waals surface area contributed by atoms with E-state index in [0.717, 1.165) is 0 Å². The van der Waals surface area contributed by atoms with Crippen LogP contribution in [0.1, 0.15) is 17.5 Å². The number of rotatable bonds is 3. The van der Waals surface area contributed by atoms with Crippen molar-refractivity contribution in [2.45, 2.75) is 6.92 Å². The van der Waals surface area contributed by atoms with Crippen molar-refractivity contribution in [1.82, 2.24) is 0 Å². The largest absolute Gasteiger partial charge is 0.437 e. The average Bonchev–Trinajstić information content (AvgIpc) is 2.52. The first-order valence-electron chi connectivity index (χ1n) is 3.90. The van der Waals surface area contributed by atoms with E-state index in [9.17, 15) is 4.79 Å². The summed E-state index contributed by atoms with van der Waals surface area (Å²) in [5.41, 5.74) is 0. The summed E-state index contributed by atoms with van der Waals surface area (Å²) < 4.78 is 5.24. The monoisotopic (exact) mass is 177 g/mol. The fourth-order valence-corrected chi connectivity index (χ4v) is 0.937. The van der Waals surface area contributed by atoms with Crippen LogP contribution < -0.4 is 4.90 Å². The molecule has 0 aromatic carbocycles. The number of terminal acetylenes is 1. The van der Waals surface area contributed by atoms with Gasteiger partial charge in [0, 0.05) is 20.0 Å². The molecule has 13 heavy (non-hydrogen) atoms. The SMILES string of the molecule is C#CCN(C)c1ccc(C(C)=O)o1. The van der Waals surface area contributed by atoms with Crippen LogP contribution in [0.4, 0.5) is 5.88 Å². The molecule has 0 saturated heterocycles. The fraction of sp³-hybridized carbons (Fsp3) is 0.300. The Morgan fingerprint density at radius 3 is 2.85 bits per heavy atom. The second-order valence-electron chi connectivity index (χ2n) is 2.75. The molecular formula is C10H11NO2. The van der Waals surface area contributed by atoms with E-state index in [1.807, 2.05) is 7.05 Å². The van der Waals surface area contributed by atoms with Crippen molar-refractivity contribution in [3.63, 3.8) is 0 Å². The molecule has 1 aromatic heterocycles. The normalized spacial score (nSPS) is 9.31. The number of hydrogen-bond acceptors (Lipinski definition) is 3. The first kappa shape index (κ1) is 9.40. The van der Waals surface area contributed by atoms with Crippen molar-refractivity contribution in [1.29, 1.82) is 0 Å². The van der Waals surface area contributed by atoms with Gasteiger partial charge in [-0.3, -0.25) is 4.79 Å². The molecule has 1 rings (SSSR count). The van der Waals surface area contributed by atoms with Gasteiger partial charge in [-0.25, -0.2) is 0 Å². The van der Waals surface area contributed by atoms with Gasteiger partial charge in [-0.15, -0.1) is 6.42 Å². The molecule has 3 heteroatoms. The fourth-order valence-electron chi connectivity index (χ4n) is 0.937. The molecule has 1 aromatic rings. The minimum atomic E-state index is -0.0830. The quantitative estimate of drug-likeness (QED) is 0.519. The van der Waals surface area contributed by atoms with Crippen molar-refractivity contribution >= 4 is 11.7 Å². The predicted octanol–water partition coefficient (Wildman–Crippen LogP) is 1.55. The summed E-state index contributed by atoms with van der Waals surface area (Å²) in [5.74, 6) is 3.38. The van der Waals surface area contributed by atoms with Gasteiger partial charge in [0.1, 0.15) is 0 Å². The maximum absolute atomic E-state index is 10.9. The minimum Gasteiger partial charge on any atom is -0.437 e. The van der Waals surface area contributed by atoms with Gasteiger partial charge in [-0.05, 0) is 6.07 Å². The highest BCUT2D eigenvalue weighted by atomic mass is 16.4. The van der Waals surface area contributed by atoms with Gasteiger partial charge in [0.05, 0.1) is 6.54 Å². The van der Waals surface area contributed by atoms with Crippen LogP contribution in [-0.2, 0) is 0 Å². The predicted molar refractivity (Wildman–Crippen MR) is 50.8 cm³/mol. The third kappa shape index (κ3) is 2.12. The van der Waals surface area contributed by atoms with Gasteiger partial charge in [-0.1, -0.05) is 5.92 Å². The Hall–Kier alpha value is -1.69. The van der Waals surface area contributed by atoms with Crippen molar-refractivity contribution in [2.75, 3.05) is 18.5 Å². The van der Waals surface area contributed by atoms with E-state index in [-0.39, 0.29) is 5.78 Å². The third-order valence-electron chi connectivity index (χ3n) is 1.64. The maximum atomic E-state index is 10.9. The molecule has 0 saturated carbocycles. The van der Waals surface area contributed by atoms with Crippen molar-refractivity contribution in [2.24, 2.45) is 0 Å². The van der Waals surface area contributed by atoms with E-state index in [1.165, 1.54) is 6.92 Å². The van der Waals surface area contributed by atoms with Gasteiger partial charge in [0.25, 0.3) is 0 Å². The summed E-state index contributed by atoms with van der Waals surface area (Å²) in [7, 11) is 1.81. The van der Waals surface area contributed by atoms with Crippen molar-refractivity contribution < 1.29 is 9.21 Å². The molecule has 0 unspecified atom stereocenters. The van der Waals surface area contributed by atoms with Crippen LogP contribution in [-0.4, -0.2) is 19.4 Å². The van der Waals surface area contributed by atoms with Gasteiger partial charge in [0.15, 0.2) is 17.4 Å². The number of anilines is 1. The number of carbonyl (C=O) groups excluding carboxylic acids is 1. The van der Waals surface area contributed by atoms with Gasteiger partial charge < -0.3 is 9.32 Å². The summed E-state index contributed by atoms with van der Waals surface area (Å²) in [6, 6.07) is 3.37. The molecule has 0 spiro atoms. The molecule has 0 bridgehead atoms. The molecule has 1 heterocycles. The lowest BCUT2D eigenvalue weighted by Crippen LogP contribution is -2.15. The number of nitrogens with zero attached hydrogens (tertiary/aromatic N) is 1. The zero-order chi connectivity index (χ0) is 9.84. The minimum absolute atomic E-state index is 0.0830. The Morgan fingerprint density at radius 2 is 2.38 bits per heavy atom. The van der Waals surface area contributed by atoms with Crippen LogP contribution in [0.2, 0.25) is 0 Å². The summed E-state index contributed by atoms with van der Waals surface area (Å²) in [6.45, 7) is 1.93. The number of carbonyl (C=O) groups is 1. The molecule has 0 fully saturated rings. The zero-order valence-electron chi connectivity index (χ0n) is 7.70. The summed E-state index contributed by atoms with van der Waals surface area (Å²) in [4.78, 5) is 12.6. The average molecular weight is 177 g/mol. The van der Waals surface area contributed by atoms with Crippen LogP contribution in [0.25, 0.3) is 0 Å². The Kier molecular flexibility index (Phi) is 2.76. The van der Waals surface area contributed by atoms with Gasteiger partial charge in [0.2, 0.25) is 0 Å². The van der Waals surface area contributed by atoms with Crippen molar-refractivity contribution in [3.8, 4) is 12.3 Å². The molecule has 0 aliphatic heterocycles. The summed E-state index contributed by atoms with van der Waals surface area (Å²) in [5, 5.41) is 0. The van der Waals surface area contributed by atoms with Gasteiger partial charge in [-0.2, -0.15) is 0 Å². The molecule has 0 radical (unpaired) electrons. The van der Waals surface area contributed by atoms with E-state index >= 15 is 0 Å². The topological polar surface area (TPSA) is 33.5 Å². The molecule has 0 amide bonds. The van der Waals surface area contributed by atoms with Crippen LogP contribution in [0.15, 0.2) is 16.5 Å². The Morgan fingerprint density at radius 1 is 1.69 bits per heavy atom. The van der Waals surface area contributed by atoms with Crippen LogP contribution >= 0.6 is 0 Å². The standard InChI is InChI=1S/C10H11NO2/c1-4-7-11(3)10-6-5-9(13-10)8(2)12/h1,5-6H,7H2,2-3H3. The third-order valence-corrected chi connectivity index (χ3v) is 1.64. The molecule has 0 atom stereocenters. The Bertz CT molecular complexity index is 346. The lowest BCUT2D eigenvalue weighted by molar-refractivity contribution is 0.0988. The molecule has 3 nitrogen and oxygen atoms in total. The lowest BCUT2D eigenvalue weighted by atomic mass is 10.3. The van der Waals surface area contributed by atoms with Crippen LogP contribution in [0.5, 0.6) is 0 Å². The highest BCUT2D eigenvalue weighted by Gasteiger charge is 2.08.